The van der Waals surface area contributed by atoms with Crippen LogP contribution < -0.4 is 0 Å². The summed E-state index contributed by atoms with van der Waals surface area (Å²) in [4.78, 5) is 11.0. The Labute approximate surface area is 101 Å². The largest absolute Gasteiger partial charge is 0.465 e. The summed E-state index contributed by atoms with van der Waals surface area (Å²) in [6.07, 6.45) is 0.504. The maximum Gasteiger partial charge on any atom is 0.317 e. The number of nitriles is 1. The maximum atomic E-state index is 11.0. The van der Waals surface area contributed by atoms with Gasteiger partial charge in [-0.15, -0.1) is 0 Å². The smallest absolute Gasteiger partial charge is 0.317 e. The number of hydrogen-bond donors (Lipinski definition) is 0. The molecule has 0 heterocycles. The Morgan fingerprint density at radius 3 is 2.65 bits per heavy atom. The highest BCUT2D eigenvalue weighted by Crippen LogP contribution is 2.03. The van der Waals surface area contributed by atoms with E-state index >= 15 is 0 Å². The predicted molar refractivity (Wildman–Crippen MR) is 63.9 cm³/mol. The summed E-state index contributed by atoms with van der Waals surface area (Å²) in [5, 5.41) is 8.51. The number of ether oxygens (including phenoxy) is 1. The molecule has 0 aliphatic carbocycles. The van der Waals surface area contributed by atoms with Crippen LogP contribution in [0.2, 0.25) is 0 Å². The van der Waals surface area contributed by atoms with Gasteiger partial charge in [-0.25, -0.2) is 0 Å². The van der Waals surface area contributed by atoms with Crippen molar-refractivity contribution < 1.29 is 9.53 Å². The van der Waals surface area contributed by atoms with Gasteiger partial charge in [0.15, 0.2) is 0 Å². The van der Waals surface area contributed by atoms with E-state index < -0.39 is 0 Å². The standard InChI is InChI=1S/C14H13NO2/c1-2-17-14(16)5-3-4-12-6-8-13(9-7-12)10-11-15/h6-9H,2,5,10H2,1H3. The highest BCUT2D eigenvalue weighted by Gasteiger charge is 1.96. The molecular formula is C14H13NO2. The van der Waals surface area contributed by atoms with Crippen LogP contribution in [0.15, 0.2) is 24.3 Å². The number of carbonyl (C=O) groups excluding carboxylic acids is 1. The van der Waals surface area contributed by atoms with Crippen molar-refractivity contribution in [3.63, 3.8) is 0 Å². The molecule has 0 aliphatic heterocycles. The molecule has 1 aromatic rings. The van der Waals surface area contributed by atoms with Crippen molar-refractivity contribution in [1.29, 1.82) is 5.26 Å². The molecule has 0 N–H and O–H groups in total. The van der Waals surface area contributed by atoms with E-state index in [1.807, 2.05) is 24.3 Å². The molecule has 17 heavy (non-hydrogen) atoms. The van der Waals surface area contributed by atoms with Crippen molar-refractivity contribution >= 4 is 5.97 Å². The van der Waals surface area contributed by atoms with Crippen molar-refractivity contribution in [3.05, 3.63) is 35.4 Å². The van der Waals surface area contributed by atoms with Gasteiger partial charge < -0.3 is 4.74 Å². The van der Waals surface area contributed by atoms with Gasteiger partial charge in [0.1, 0.15) is 6.42 Å². The van der Waals surface area contributed by atoms with Gasteiger partial charge in [0.05, 0.1) is 19.1 Å². The molecule has 1 rings (SSSR count). The summed E-state index contributed by atoms with van der Waals surface area (Å²) < 4.78 is 4.75. The fraction of sp³-hybridized carbons (Fsp3) is 0.286. The molecule has 0 fully saturated rings. The van der Waals surface area contributed by atoms with Crippen LogP contribution in [0.25, 0.3) is 0 Å². The zero-order valence-corrected chi connectivity index (χ0v) is 9.69. The first-order valence-corrected chi connectivity index (χ1v) is 5.36. The molecule has 0 aliphatic rings. The molecule has 0 saturated carbocycles. The first-order valence-electron chi connectivity index (χ1n) is 5.36. The zero-order chi connectivity index (χ0) is 12.5. The summed E-state index contributed by atoms with van der Waals surface area (Å²) in [7, 11) is 0. The fourth-order valence-corrected chi connectivity index (χ4v) is 1.23. The van der Waals surface area contributed by atoms with Crippen LogP contribution >= 0.6 is 0 Å². The quantitative estimate of drug-likeness (QED) is 0.586. The van der Waals surface area contributed by atoms with E-state index in [0.717, 1.165) is 11.1 Å². The molecule has 0 aromatic heterocycles. The second kappa shape index (κ2) is 7.09. The van der Waals surface area contributed by atoms with Gasteiger partial charge in [-0.2, -0.15) is 5.26 Å². The second-order valence-corrected chi connectivity index (χ2v) is 3.32. The molecule has 0 spiro atoms. The van der Waals surface area contributed by atoms with Crippen LogP contribution in [0, 0.1) is 23.2 Å². The van der Waals surface area contributed by atoms with E-state index in [-0.39, 0.29) is 12.4 Å². The Balaban J connectivity index is 2.55. The van der Waals surface area contributed by atoms with Gasteiger partial charge >= 0.3 is 5.97 Å². The number of hydrogen-bond acceptors (Lipinski definition) is 3. The van der Waals surface area contributed by atoms with E-state index in [9.17, 15) is 4.79 Å². The Morgan fingerprint density at radius 1 is 1.35 bits per heavy atom. The predicted octanol–water partition coefficient (Wildman–Crippen LogP) is 2.06. The van der Waals surface area contributed by atoms with Gasteiger partial charge in [0.25, 0.3) is 0 Å². The molecule has 0 atom stereocenters. The van der Waals surface area contributed by atoms with Crippen molar-refractivity contribution in [2.24, 2.45) is 0 Å². The van der Waals surface area contributed by atoms with Crippen LogP contribution in [-0.2, 0) is 16.0 Å². The normalized spacial score (nSPS) is 8.71. The Bertz CT molecular complexity index is 472. The summed E-state index contributed by atoms with van der Waals surface area (Å²) in [6.45, 7) is 2.14. The first kappa shape index (κ1) is 12.8. The van der Waals surface area contributed by atoms with Crippen molar-refractivity contribution in [2.45, 2.75) is 19.8 Å². The summed E-state index contributed by atoms with van der Waals surface area (Å²) in [6, 6.07) is 9.47. The average molecular weight is 227 g/mol. The lowest BCUT2D eigenvalue weighted by Gasteiger charge is -1.95. The molecule has 3 nitrogen and oxygen atoms in total. The second-order valence-electron chi connectivity index (χ2n) is 3.32. The first-order chi connectivity index (χ1) is 8.26. The number of carbonyl (C=O) groups is 1. The van der Waals surface area contributed by atoms with Crippen LogP contribution in [0.5, 0.6) is 0 Å². The molecular weight excluding hydrogens is 214 g/mol. The Kier molecular flexibility index (Phi) is 5.34. The van der Waals surface area contributed by atoms with E-state index in [2.05, 4.69) is 17.9 Å². The topological polar surface area (TPSA) is 50.1 Å². The van der Waals surface area contributed by atoms with E-state index in [0.29, 0.717) is 13.0 Å². The van der Waals surface area contributed by atoms with Gasteiger partial charge in [-0.05, 0) is 24.6 Å². The zero-order valence-electron chi connectivity index (χ0n) is 9.69. The van der Waals surface area contributed by atoms with E-state index in [1.54, 1.807) is 6.92 Å². The highest BCUT2D eigenvalue weighted by atomic mass is 16.5. The Hall–Kier alpha value is -2.26. The molecule has 0 radical (unpaired) electrons. The summed E-state index contributed by atoms with van der Waals surface area (Å²) in [5.41, 5.74) is 1.79. The summed E-state index contributed by atoms with van der Waals surface area (Å²) >= 11 is 0. The molecule has 0 saturated heterocycles. The number of rotatable bonds is 3. The molecule has 0 bridgehead atoms. The van der Waals surface area contributed by atoms with Crippen LogP contribution in [0.1, 0.15) is 24.5 Å². The molecule has 0 unspecified atom stereocenters. The SMILES string of the molecule is CCOC(=O)CC#Cc1ccc(CC#N)cc1. The van der Waals surface area contributed by atoms with Gasteiger partial charge in [-0.1, -0.05) is 24.0 Å². The van der Waals surface area contributed by atoms with Crippen LogP contribution in [0.3, 0.4) is 0 Å². The van der Waals surface area contributed by atoms with Crippen molar-refractivity contribution in [1.82, 2.24) is 0 Å². The minimum absolute atomic E-state index is 0.105. The monoisotopic (exact) mass is 227 g/mol. The minimum Gasteiger partial charge on any atom is -0.465 e. The van der Waals surface area contributed by atoms with Crippen molar-refractivity contribution in [2.75, 3.05) is 6.61 Å². The Morgan fingerprint density at radius 2 is 2.06 bits per heavy atom. The number of nitrogens with zero attached hydrogens (tertiary/aromatic N) is 1. The van der Waals surface area contributed by atoms with Crippen LogP contribution in [0.4, 0.5) is 0 Å². The van der Waals surface area contributed by atoms with E-state index in [1.165, 1.54) is 0 Å². The number of benzene rings is 1. The maximum absolute atomic E-state index is 11.0. The van der Waals surface area contributed by atoms with E-state index in [4.69, 9.17) is 10.00 Å². The molecule has 86 valence electrons. The van der Waals surface area contributed by atoms with Gasteiger partial charge in [-0.3, -0.25) is 4.79 Å². The third-order valence-corrected chi connectivity index (χ3v) is 2.01. The fourth-order valence-electron chi connectivity index (χ4n) is 1.23. The third-order valence-electron chi connectivity index (χ3n) is 2.01. The minimum atomic E-state index is -0.305. The lowest BCUT2D eigenvalue weighted by atomic mass is 10.1. The lowest BCUT2D eigenvalue weighted by Crippen LogP contribution is -2.01. The molecule has 3 heteroatoms. The molecule has 0 amide bonds. The lowest BCUT2D eigenvalue weighted by molar-refractivity contribution is -0.141. The van der Waals surface area contributed by atoms with Crippen molar-refractivity contribution in [3.8, 4) is 17.9 Å². The average Bonchev–Trinajstić information content (AvgIpc) is 2.32. The number of esters is 1. The highest BCUT2D eigenvalue weighted by molar-refractivity contribution is 5.72. The molecule has 1 aromatic carbocycles. The van der Waals surface area contributed by atoms with Crippen LogP contribution in [-0.4, -0.2) is 12.6 Å². The van der Waals surface area contributed by atoms with Gasteiger partial charge in [0.2, 0.25) is 0 Å². The summed E-state index contributed by atoms with van der Waals surface area (Å²) in [5.74, 6) is 5.31. The van der Waals surface area contributed by atoms with Gasteiger partial charge in [0, 0.05) is 5.56 Å². The third kappa shape index (κ3) is 4.86.